The Morgan fingerprint density at radius 2 is 2.24 bits per heavy atom. The quantitative estimate of drug-likeness (QED) is 0.842. The molecule has 4 heteroatoms. The van der Waals surface area contributed by atoms with Crippen LogP contribution in [0.15, 0.2) is 34.1 Å². The lowest BCUT2D eigenvalue weighted by atomic mass is 10.1. The minimum absolute atomic E-state index is 0.394. The number of hydrogen-bond donors (Lipinski definition) is 1. The molecule has 0 aliphatic carbocycles. The highest BCUT2D eigenvalue weighted by Crippen LogP contribution is 2.33. The third-order valence-electron chi connectivity index (χ3n) is 4.13. The lowest BCUT2D eigenvalue weighted by Gasteiger charge is -2.30. The summed E-state index contributed by atoms with van der Waals surface area (Å²) < 4.78 is 1.20. The first-order valence-corrected chi connectivity index (χ1v) is 9.19. The van der Waals surface area contributed by atoms with E-state index in [1.54, 1.807) is 4.88 Å². The Morgan fingerprint density at radius 1 is 1.38 bits per heavy atom. The van der Waals surface area contributed by atoms with Crippen molar-refractivity contribution in [2.75, 3.05) is 18.0 Å². The van der Waals surface area contributed by atoms with Crippen LogP contribution in [0, 0.1) is 0 Å². The number of nitrogens with zero attached hydrogens (tertiary/aromatic N) is 1. The van der Waals surface area contributed by atoms with Crippen LogP contribution in [0.2, 0.25) is 0 Å². The first-order chi connectivity index (χ1) is 10.2. The number of fused-ring (bicyclic) bond motifs is 1. The molecule has 0 saturated heterocycles. The second-order valence-corrected chi connectivity index (χ2v) is 7.39. The van der Waals surface area contributed by atoms with E-state index in [4.69, 9.17) is 0 Å². The van der Waals surface area contributed by atoms with Crippen molar-refractivity contribution in [1.29, 1.82) is 0 Å². The number of rotatable bonds is 4. The Balaban J connectivity index is 1.80. The third-order valence-corrected chi connectivity index (χ3v) is 5.79. The van der Waals surface area contributed by atoms with E-state index >= 15 is 0 Å². The maximum atomic E-state index is 3.77. The van der Waals surface area contributed by atoms with Crippen LogP contribution in [0.25, 0.3) is 0 Å². The number of hydrogen-bond acceptors (Lipinski definition) is 3. The average molecular weight is 365 g/mol. The molecular formula is C17H21BrN2S. The molecule has 0 saturated carbocycles. The Hall–Kier alpha value is -0.840. The van der Waals surface area contributed by atoms with Crippen LogP contribution in [0.3, 0.4) is 0 Å². The zero-order chi connectivity index (χ0) is 14.8. The molecular weight excluding hydrogens is 344 g/mol. The van der Waals surface area contributed by atoms with Crippen molar-refractivity contribution in [3.63, 3.8) is 0 Å². The first-order valence-electron chi connectivity index (χ1n) is 7.52. The monoisotopic (exact) mass is 364 g/mol. The smallest absolute Gasteiger partial charge is 0.0514 e. The van der Waals surface area contributed by atoms with E-state index in [-0.39, 0.29) is 0 Å². The Labute approximate surface area is 139 Å². The summed E-state index contributed by atoms with van der Waals surface area (Å²) in [6, 6.07) is 9.42. The van der Waals surface area contributed by atoms with E-state index in [9.17, 15) is 0 Å². The molecule has 1 atom stereocenters. The molecule has 2 heterocycles. The van der Waals surface area contributed by atoms with Gasteiger partial charge in [-0.25, -0.2) is 0 Å². The molecule has 1 aliphatic heterocycles. The summed E-state index contributed by atoms with van der Waals surface area (Å²) >= 11 is 5.66. The van der Waals surface area contributed by atoms with Gasteiger partial charge in [-0.3, -0.25) is 0 Å². The van der Waals surface area contributed by atoms with Crippen molar-refractivity contribution in [1.82, 2.24) is 5.32 Å². The summed E-state index contributed by atoms with van der Waals surface area (Å²) in [4.78, 5) is 4.03. The normalized spacial score (nSPS) is 15.9. The van der Waals surface area contributed by atoms with Crippen molar-refractivity contribution in [3.05, 3.63) is 50.1 Å². The Kier molecular flexibility index (Phi) is 4.67. The fraction of sp³-hybridized carbons (Fsp3) is 0.412. The fourth-order valence-electron chi connectivity index (χ4n) is 2.93. The fourth-order valence-corrected chi connectivity index (χ4v) is 4.46. The lowest BCUT2D eigenvalue weighted by Crippen LogP contribution is -2.29. The Bertz CT molecular complexity index is 623. The van der Waals surface area contributed by atoms with E-state index in [0.29, 0.717) is 6.04 Å². The van der Waals surface area contributed by atoms with Crippen molar-refractivity contribution in [2.24, 2.45) is 0 Å². The summed E-state index contributed by atoms with van der Waals surface area (Å²) in [6.45, 7) is 7.48. The molecule has 3 rings (SSSR count). The topological polar surface area (TPSA) is 15.3 Å². The maximum absolute atomic E-state index is 3.77. The van der Waals surface area contributed by atoms with Gasteiger partial charge in [-0.1, -0.05) is 13.0 Å². The molecule has 1 aliphatic rings. The summed E-state index contributed by atoms with van der Waals surface area (Å²) in [5.74, 6) is 0. The summed E-state index contributed by atoms with van der Waals surface area (Å²) in [5.41, 5.74) is 4.13. The van der Waals surface area contributed by atoms with Crippen LogP contribution in [0.4, 0.5) is 5.69 Å². The van der Waals surface area contributed by atoms with Gasteiger partial charge >= 0.3 is 0 Å². The zero-order valence-corrected chi connectivity index (χ0v) is 14.9. The molecule has 0 radical (unpaired) electrons. The van der Waals surface area contributed by atoms with E-state index < -0.39 is 0 Å². The molecule has 0 fully saturated rings. The summed E-state index contributed by atoms with van der Waals surface area (Å²) in [5, 5.41) is 5.68. The predicted molar refractivity (Wildman–Crippen MR) is 95.3 cm³/mol. The molecule has 1 aromatic carbocycles. The standard InChI is InChI=1S/C17H21BrN2S/c1-3-19-12(2)13-4-5-16(15(18)10-13)20-8-6-17-14(11-20)7-9-21-17/h4-5,7,9-10,12,19H,3,6,8,11H2,1-2H3. The predicted octanol–water partition coefficient (Wildman–Crippen LogP) is 4.74. The van der Waals surface area contributed by atoms with Crippen LogP contribution in [0.1, 0.15) is 35.9 Å². The molecule has 112 valence electrons. The van der Waals surface area contributed by atoms with Crippen LogP contribution in [0.5, 0.6) is 0 Å². The van der Waals surface area contributed by atoms with Gasteiger partial charge in [0.15, 0.2) is 0 Å². The minimum atomic E-state index is 0.394. The van der Waals surface area contributed by atoms with Crippen molar-refractivity contribution >= 4 is 33.0 Å². The van der Waals surface area contributed by atoms with Gasteiger partial charge in [-0.05, 0) is 70.5 Å². The number of nitrogens with one attached hydrogen (secondary N) is 1. The summed E-state index contributed by atoms with van der Waals surface area (Å²) in [6.07, 6.45) is 1.16. The highest BCUT2D eigenvalue weighted by molar-refractivity contribution is 9.10. The van der Waals surface area contributed by atoms with Gasteiger partial charge in [0.2, 0.25) is 0 Å². The molecule has 1 unspecified atom stereocenters. The Morgan fingerprint density at radius 3 is 3.00 bits per heavy atom. The van der Waals surface area contributed by atoms with Crippen LogP contribution >= 0.6 is 27.3 Å². The second-order valence-electron chi connectivity index (χ2n) is 5.53. The first kappa shape index (κ1) is 15.1. The van der Waals surface area contributed by atoms with Crippen molar-refractivity contribution < 1.29 is 0 Å². The highest BCUT2D eigenvalue weighted by atomic mass is 79.9. The molecule has 0 bridgehead atoms. The zero-order valence-electron chi connectivity index (χ0n) is 12.5. The van der Waals surface area contributed by atoms with Gasteiger partial charge in [0.25, 0.3) is 0 Å². The van der Waals surface area contributed by atoms with Crippen LogP contribution < -0.4 is 10.2 Å². The molecule has 0 amide bonds. The average Bonchev–Trinajstić information content (AvgIpc) is 2.94. The van der Waals surface area contributed by atoms with Gasteiger partial charge in [0, 0.05) is 28.5 Å². The molecule has 21 heavy (non-hydrogen) atoms. The van der Waals surface area contributed by atoms with Gasteiger partial charge in [-0.15, -0.1) is 11.3 Å². The highest BCUT2D eigenvalue weighted by Gasteiger charge is 2.19. The van der Waals surface area contributed by atoms with Gasteiger partial charge in [0.05, 0.1) is 5.69 Å². The van der Waals surface area contributed by atoms with Gasteiger partial charge in [-0.2, -0.15) is 0 Å². The van der Waals surface area contributed by atoms with E-state index in [0.717, 1.165) is 26.1 Å². The second kappa shape index (κ2) is 6.51. The molecule has 2 aromatic rings. The number of benzene rings is 1. The molecule has 2 nitrogen and oxygen atoms in total. The molecule has 1 aromatic heterocycles. The van der Waals surface area contributed by atoms with E-state index in [1.165, 1.54) is 21.3 Å². The van der Waals surface area contributed by atoms with Crippen molar-refractivity contribution in [2.45, 2.75) is 32.9 Å². The van der Waals surface area contributed by atoms with Gasteiger partial charge in [0.1, 0.15) is 0 Å². The van der Waals surface area contributed by atoms with E-state index in [1.807, 2.05) is 11.3 Å². The SMILES string of the molecule is CCNC(C)c1ccc(N2CCc3sccc3C2)c(Br)c1. The van der Waals surface area contributed by atoms with Gasteiger partial charge < -0.3 is 10.2 Å². The van der Waals surface area contributed by atoms with E-state index in [2.05, 4.69) is 69.6 Å². The summed E-state index contributed by atoms with van der Waals surface area (Å²) in [7, 11) is 0. The largest absolute Gasteiger partial charge is 0.366 e. The number of halogens is 1. The third kappa shape index (κ3) is 3.17. The van der Waals surface area contributed by atoms with Crippen molar-refractivity contribution in [3.8, 4) is 0 Å². The number of anilines is 1. The minimum Gasteiger partial charge on any atom is -0.366 e. The molecule has 1 N–H and O–H groups in total. The number of thiophene rings is 1. The van der Waals surface area contributed by atoms with Crippen LogP contribution in [-0.4, -0.2) is 13.1 Å². The molecule has 0 spiro atoms. The van der Waals surface area contributed by atoms with Crippen LogP contribution in [-0.2, 0) is 13.0 Å². The maximum Gasteiger partial charge on any atom is 0.0514 e. The lowest BCUT2D eigenvalue weighted by molar-refractivity contribution is 0.597.